The van der Waals surface area contributed by atoms with Crippen molar-refractivity contribution in [2.75, 3.05) is 0 Å². The maximum Gasteiger partial charge on any atom is 0.157 e. The molecule has 0 saturated heterocycles. The Labute approximate surface area is 82.0 Å². The molecule has 3 heteroatoms. The fourth-order valence-electron chi connectivity index (χ4n) is 0.694. The molecule has 0 spiro atoms. The Morgan fingerprint density at radius 2 is 2.08 bits per heavy atom. The van der Waals surface area contributed by atoms with E-state index in [1.54, 1.807) is 6.08 Å². The van der Waals surface area contributed by atoms with E-state index in [1.165, 1.54) is 6.08 Å². The normalized spacial score (nSPS) is 18.0. The second kappa shape index (κ2) is 3.79. The Morgan fingerprint density at radius 1 is 1.42 bits per heavy atom. The van der Waals surface area contributed by atoms with Crippen LogP contribution in [0, 0.1) is 0 Å². The van der Waals surface area contributed by atoms with Crippen molar-refractivity contribution in [3.8, 4) is 0 Å². The highest BCUT2D eigenvalue weighted by Crippen LogP contribution is 2.24. The maximum atomic E-state index is 12.8. The quantitative estimate of drug-likeness (QED) is 0.671. The van der Waals surface area contributed by atoms with E-state index in [0.717, 1.165) is 3.69 Å². The minimum Gasteiger partial charge on any atom is -0.334 e. The molecule has 12 heavy (non-hydrogen) atoms. The zero-order chi connectivity index (χ0) is 9.19. The van der Waals surface area contributed by atoms with Crippen LogP contribution in [0.25, 0.3) is 0 Å². The highest BCUT2D eigenvalue weighted by atomic mass is 127. The summed E-state index contributed by atoms with van der Waals surface area (Å²) in [6, 6.07) is 0. The van der Waals surface area contributed by atoms with Crippen LogP contribution in [-0.4, -0.2) is 9.30 Å². The van der Waals surface area contributed by atoms with Crippen LogP contribution in [0.15, 0.2) is 22.1 Å². The van der Waals surface area contributed by atoms with Crippen molar-refractivity contribution >= 4 is 24.4 Å². The summed E-state index contributed by atoms with van der Waals surface area (Å²) >= 11 is -0.678. The number of allylic oxidation sites excluding steroid dienone is 2. The predicted octanol–water partition coefficient (Wildman–Crippen LogP) is 3.28. The van der Waals surface area contributed by atoms with E-state index in [4.69, 9.17) is 4.74 Å². The molecule has 1 rings (SSSR count). The van der Waals surface area contributed by atoms with E-state index in [0.29, 0.717) is 0 Å². The van der Waals surface area contributed by atoms with Crippen LogP contribution in [0.1, 0.15) is 20.8 Å². The largest absolute Gasteiger partial charge is 0.334 e. The lowest BCUT2D eigenvalue weighted by atomic mass is 10.2. The third-order valence-corrected chi connectivity index (χ3v) is 3.02. The first-order valence-corrected chi connectivity index (χ1v) is 5.88. The van der Waals surface area contributed by atoms with Crippen molar-refractivity contribution in [2.45, 2.75) is 26.4 Å². The van der Waals surface area contributed by atoms with E-state index < -0.39 is 20.7 Å². The van der Waals surface area contributed by atoms with Gasteiger partial charge in [-0.3, -0.25) is 0 Å². The fraction of sp³-hybridized carbons (Fsp3) is 0.444. The van der Waals surface area contributed by atoms with Crippen LogP contribution in [0.3, 0.4) is 0 Å². The molecule has 0 aliphatic carbocycles. The Kier molecular flexibility index (Phi) is 3.17. The van der Waals surface area contributed by atoms with Gasteiger partial charge in [0.2, 0.25) is 0 Å². The first kappa shape index (κ1) is 10.1. The molecular weight excluding hydrogens is 270 g/mol. The molecule has 0 aromatic heterocycles. The highest BCUT2D eigenvalue weighted by Gasteiger charge is 2.13. The smallest absolute Gasteiger partial charge is 0.157 e. The van der Waals surface area contributed by atoms with Crippen LogP contribution in [0.2, 0.25) is 0 Å². The van der Waals surface area contributed by atoms with Gasteiger partial charge in [-0.1, -0.05) is 6.08 Å². The van der Waals surface area contributed by atoms with Crippen molar-refractivity contribution in [1.82, 2.24) is 0 Å². The van der Waals surface area contributed by atoms with Crippen molar-refractivity contribution in [1.29, 1.82) is 0 Å². The summed E-state index contributed by atoms with van der Waals surface area (Å²) in [5, 5.41) is 0. The van der Waals surface area contributed by atoms with Gasteiger partial charge in [-0.2, -0.15) is 0 Å². The second-order valence-electron chi connectivity index (χ2n) is 3.43. The van der Waals surface area contributed by atoms with E-state index in [1.807, 2.05) is 26.8 Å². The molecule has 0 aromatic carbocycles. The summed E-state index contributed by atoms with van der Waals surface area (Å²) in [5.74, 6) is 0. The van der Waals surface area contributed by atoms with Gasteiger partial charge in [-0.05, 0) is 53.7 Å². The lowest BCUT2D eigenvalue weighted by Crippen LogP contribution is -2.22. The molecule has 1 heterocycles. The van der Waals surface area contributed by atoms with Gasteiger partial charge in [-0.15, -0.1) is 0 Å². The molecule has 0 unspecified atom stereocenters. The molecule has 0 radical (unpaired) electrons. The number of ether oxygens (including phenoxy) is 1. The van der Waals surface area contributed by atoms with E-state index in [2.05, 4.69) is 0 Å². The van der Waals surface area contributed by atoms with Gasteiger partial charge in [0, 0.05) is 0 Å². The van der Waals surface area contributed by atoms with Crippen molar-refractivity contribution in [3.63, 3.8) is 0 Å². The Hall–Kier alpha value is -0.0300. The molecule has 0 atom stereocenters. The lowest BCUT2D eigenvalue weighted by molar-refractivity contribution is 0.124. The fourth-order valence-corrected chi connectivity index (χ4v) is 2.75. The molecule has 0 aromatic rings. The van der Waals surface area contributed by atoms with Crippen LogP contribution in [0.4, 0.5) is 4.39 Å². The van der Waals surface area contributed by atoms with Gasteiger partial charge in [-0.25, -0.2) is 4.39 Å². The van der Waals surface area contributed by atoms with Gasteiger partial charge in [0.15, 0.2) is 3.83 Å². The monoisotopic (exact) mass is 282 g/mol. The Bertz CT molecular complexity index is 258. The van der Waals surface area contributed by atoms with Crippen LogP contribution < -0.4 is 0 Å². The van der Waals surface area contributed by atoms with Crippen molar-refractivity contribution in [2.24, 2.45) is 0 Å². The third kappa shape index (κ3) is 3.58. The zero-order valence-corrected chi connectivity index (χ0v) is 9.55. The molecule has 0 fully saturated rings. The summed E-state index contributed by atoms with van der Waals surface area (Å²) in [7, 11) is 0. The topological polar surface area (TPSA) is 9.23 Å². The minimum absolute atomic E-state index is 0.0319. The standard InChI is InChI=1S/C9H12FIO/c1-9(2,3)12-8-6-4-5-7(10)11-8/h4-6H,1-3H3. The van der Waals surface area contributed by atoms with Gasteiger partial charge in [0.1, 0.15) is 3.69 Å². The number of rotatable bonds is 1. The molecule has 0 amide bonds. The summed E-state index contributed by atoms with van der Waals surface area (Å²) in [6.45, 7) is 5.90. The number of hydrogen-bond acceptors (Lipinski definition) is 1. The highest BCUT2D eigenvalue weighted by molar-refractivity contribution is 14.2. The first-order valence-electron chi connectivity index (χ1n) is 3.72. The maximum absolute atomic E-state index is 12.8. The molecule has 0 saturated carbocycles. The van der Waals surface area contributed by atoms with Crippen LogP contribution >= 0.6 is 20.7 Å². The van der Waals surface area contributed by atoms with Gasteiger partial charge < -0.3 is 4.74 Å². The summed E-state index contributed by atoms with van der Waals surface area (Å²) < 4.78 is 19.1. The lowest BCUT2D eigenvalue weighted by Gasteiger charge is -2.19. The van der Waals surface area contributed by atoms with E-state index in [9.17, 15) is 4.39 Å². The number of halogens is 2. The molecule has 1 nitrogen and oxygen atoms in total. The number of hydrogen-bond donors (Lipinski definition) is 0. The third-order valence-electron chi connectivity index (χ3n) is 1.04. The SMILES string of the molecule is CC(C)(C)OC1=IC(F)=CC=C1. The van der Waals surface area contributed by atoms with Crippen molar-refractivity contribution in [3.05, 3.63) is 22.1 Å². The van der Waals surface area contributed by atoms with Crippen molar-refractivity contribution < 1.29 is 9.13 Å². The van der Waals surface area contributed by atoms with Crippen LogP contribution in [-0.2, 0) is 4.74 Å². The molecule has 0 bridgehead atoms. The van der Waals surface area contributed by atoms with E-state index >= 15 is 0 Å². The summed E-state index contributed by atoms with van der Waals surface area (Å²) in [4.78, 5) is 0. The summed E-state index contributed by atoms with van der Waals surface area (Å²) in [6.07, 6.45) is 5.05. The molecule has 1 aliphatic heterocycles. The molecule has 1 aliphatic rings. The second-order valence-corrected chi connectivity index (χ2v) is 6.06. The van der Waals surface area contributed by atoms with Gasteiger partial charge in [0.25, 0.3) is 0 Å². The Morgan fingerprint density at radius 3 is 2.58 bits per heavy atom. The van der Waals surface area contributed by atoms with Gasteiger partial charge in [0.05, 0.1) is 5.60 Å². The predicted molar refractivity (Wildman–Crippen MR) is 58.2 cm³/mol. The molecular formula is C9H12FIO. The summed E-state index contributed by atoms with van der Waals surface area (Å²) in [5.41, 5.74) is -0.211. The Balaban J connectivity index is 2.68. The zero-order valence-electron chi connectivity index (χ0n) is 7.40. The first-order chi connectivity index (χ1) is 5.47. The molecule has 68 valence electrons. The van der Waals surface area contributed by atoms with Crippen LogP contribution in [0.5, 0.6) is 0 Å². The minimum atomic E-state index is -0.678. The molecule has 0 N–H and O–H groups in total. The van der Waals surface area contributed by atoms with E-state index in [-0.39, 0.29) is 9.43 Å². The van der Waals surface area contributed by atoms with Gasteiger partial charge >= 0.3 is 0 Å². The average molecular weight is 282 g/mol. The average Bonchev–Trinajstić information content (AvgIpc) is 1.82.